The number of rotatable bonds is 9. The van der Waals surface area contributed by atoms with E-state index in [1.165, 1.54) is 11.0 Å². The highest BCUT2D eigenvalue weighted by Gasteiger charge is 2.46. The number of carbonyl (C=O) groups excluding carboxylic acids is 4. The van der Waals surface area contributed by atoms with Gasteiger partial charge in [0.05, 0.1) is 35.2 Å². The van der Waals surface area contributed by atoms with E-state index in [2.05, 4.69) is 28.1 Å². The largest absolute Gasteiger partial charge is 0.472 e. The predicted molar refractivity (Wildman–Crippen MR) is 194 cm³/mol. The maximum absolute atomic E-state index is 14.3. The second-order valence-electron chi connectivity index (χ2n) is 14.0. The van der Waals surface area contributed by atoms with Gasteiger partial charge in [-0.15, -0.1) is 13.0 Å². The summed E-state index contributed by atoms with van der Waals surface area (Å²) in [5.41, 5.74) is 1.69. The summed E-state index contributed by atoms with van der Waals surface area (Å²) in [4.78, 5) is 67.1. The summed E-state index contributed by atoms with van der Waals surface area (Å²) in [5, 5.41) is 5.24. The van der Waals surface area contributed by atoms with Crippen LogP contribution in [0.5, 0.6) is 5.88 Å². The number of aromatic nitrogens is 2. The normalized spacial score (nSPS) is 22.5. The van der Waals surface area contributed by atoms with Gasteiger partial charge in [-0.25, -0.2) is 18.2 Å². The van der Waals surface area contributed by atoms with Crippen LogP contribution in [0.2, 0.25) is 0 Å². The molecule has 5 rings (SSSR count). The molecule has 1 aromatic heterocycles. The Morgan fingerprint density at radius 2 is 1.92 bits per heavy atom. The average molecular weight is 738 g/mol. The van der Waals surface area contributed by atoms with E-state index in [0.29, 0.717) is 36.1 Å². The van der Waals surface area contributed by atoms with E-state index in [1.807, 2.05) is 22.9 Å². The predicted octanol–water partition coefficient (Wildman–Crippen LogP) is 2.05. The number of cyclic esters (lactones) is 1. The zero-order valence-corrected chi connectivity index (χ0v) is 30.8. The van der Waals surface area contributed by atoms with Crippen molar-refractivity contribution in [2.75, 3.05) is 32.1 Å². The molecule has 0 spiro atoms. The van der Waals surface area contributed by atoms with Gasteiger partial charge >= 0.3 is 6.09 Å². The molecule has 5 atom stereocenters. The number of alkyl carbamates (subject to hydrolysis) is 1. The van der Waals surface area contributed by atoms with Gasteiger partial charge in [0.1, 0.15) is 24.2 Å². The lowest BCUT2D eigenvalue weighted by Crippen LogP contribution is -2.58. The number of carbonyl (C=O) groups is 4. The van der Waals surface area contributed by atoms with E-state index in [1.54, 1.807) is 32.8 Å². The molecule has 1 aliphatic carbocycles. The molecule has 1 saturated heterocycles. The molecule has 3 N–H and O–H groups in total. The molecule has 15 nitrogen and oxygen atoms in total. The molecular weight excluding hydrogens is 691 g/mol. The highest BCUT2D eigenvalue weighted by Crippen LogP contribution is 2.32. The number of fused-ring (bicyclic) bond motifs is 3. The van der Waals surface area contributed by atoms with Crippen molar-refractivity contribution in [3.05, 3.63) is 36.4 Å². The van der Waals surface area contributed by atoms with Crippen molar-refractivity contribution in [1.82, 2.24) is 30.2 Å². The molecular formula is C36H47N7O8S. The van der Waals surface area contributed by atoms with Crippen LogP contribution in [0.4, 0.5) is 10.7 Å². The number of nitrogens with one attached hydrogen (secondary N) is 3. The molecule has 16 heteroatoms. The maximum Gasteiger partial charge on any atom is 0.407 e. The van der Waals surface area contributed by atoms with Crippen LogP contribution in [0.3, 0.4) is 0 Å². The molecule has 4 amide bonds. The van der Waals surface area contributed by atoms with Crippen molar-refractivity contribution in [3.63, 3.8) is 0 Å². The molecule has 0 radical (unpaired) electrons. The van der Waals surface area contributed by atoms with Crippen LogP contribution in [0, 0.1) is 24.2 Å². The molecule has 1 unspecified atom stereocenters. The Morgan fingerprint density at radius 3 is 2.58 bits per heavy atom. The minimum Gasteiger partial charge on any atom is -0.472 e. The Balaban J connectivity index is 1.52. The van der Waals surface area contributed by atoms with Crippen molar-refractivity contribution in [1.29, 1.82) is 0 Å². The number of nitrogens with zero attached hydrogens (tertiary/aromatic N) is 4. The Hall–Kier alpha value is -4.91. The molecule has 2 aromatic rings. The van der Waals surface area contributed by atoms with Gasteiger partial charge in [0.25, 0.3) is 5.91 Å². The lowest BCUT2D eigenvalue weighted by molar-refractivity contribution is -0.141. The number of ether oxygens (including phenoxy) is 2. The fourth-order valence-corrected chi connectivity index (χ4v) is 7.61. The van der Waals surface area contributed by atoms with Gasteiger partial charge in [0.15, 0.2) is 0 Å². The van der Waals surface area contributed by atoms with Crippen molar-refractivity contribution >= 4 is 50.7 Å². The Morgan fingerprint density at radius 1 is 1.17 bits per heavy atom. The molecule has 2 fully saturated rings. The number of anilines is 1. The minimum absolute atomic E-state index is 0.0289. The number of hydrogen-bond acceptors (Lipinski definition) is 11. The van der Waals surface area contributed by atoms with Crippen LogP contribution in [0.15, 0.2) is 30.9 Å². The third kappa shape index (κ3) is 8.93. The van der Waals surface area contributed by atoms with Crippen LogP contribution in [0.1, 0.15) is 57.9 Å². The Labute approximate surface area is 304 Å². The van der Waals surface area contributed by atoms with Crippen LogP contribution >= 0.6 is 0 Å². The minimum atomic E-state index is -3.98. The van der Waals surface area contributed by atoms with Crippen molar-refractivity contribution < 1.29 is 37.1 Å². The molecule has 52 heavy (non-hydrogen) atoms. The summed E-state index contributed by atoms with van der Waals surface area (Å²) in [5.74, 6) is -0.790. The summed E-state index contributed by atoms with van der Waals surface area (Å²) < 4.78 is 39.3. The van der Waals surface area contributed by atoms with E-state index < -0.39 is 75.2 Å². The van der Waals surface area contributed by atoms with E-state index in [4.69, 9.17) is 20.9 Å². The highest BCUT2D eigenvalue weighted by molar-refractivity contribution is 7.90. The smallest absolute Gasteiger partial charge is 0.407 e. The van der Waals surface area contributed by atoms with Crippen LogP contribution < -0.4 is 25.0 Å². The number of sulfonamides is 1. The number of hydrogen-bond donors (Lipinski definition) is 3. The third-order valence-electron chi connectivity index (χ3n) is 9.38. The summed E-state index contributed by atoms with van der Waals surface area (Å²) in [6.45, 7) is 7.26. The molecule has 1 saturated carbocycles. The maximum atomic E-state index is 14.3. The van der Waals surface area contributed by atoms with Crippen molar-refractivity contribution in [2.24, 2.45) is 11.8 Å². The molecule has 4 bridgehead atoms. The van der Waals surface area contributed by atoms with Gasteiger partial charge in [-0.1, -0.05) is 31.9 Å². The second-order valence-corrected chi connectivity index (χ2v) is 16.0. The summed E-state index contributed by atoms with van der Waals surface area (Å²) in [7, 11) is -0.369. The van der Waals surface area contributed by atoms with E-state index in [0.717, 1.165) is 24.8 Å². The lowest BCUT2D eigenvalue weighted by atomic mass is 9.99. The van der Waals surface area contributed by atoms with Crippen LogP contribution in [0.25, 0.3) is 10.9 Å². The SMILES string of the molecule is C#C[C@@H](C=C)C(NC(=O)[C@@H]1C[C@@H]2CN1C(=O)[C@H](C(C)C)NC(=O)OCCCCCc1ccc3nc(N(C)C)nc(c3c1)O2)C(=O)NS(=O)(=O)C1CC1. The van der Waals surface area contributed by atoms with Gasteiger partial charge in [-0.05, 0) is 62.1 Å². The number of aryl methyl sites for hydroxylation is 1. The quantitative estimate of drug-likeness (QED) is 0.252. The second kappa shape index (κ2) is 16.2. The Bertz CT molecular complexity index is 1860. The zero-order valence-electron chi connectivity index (χ0n) is 30.0. The van der Waals surface area contributed by atoms with Crippen molar-refractivity contribution in [3.8, 4) is 18.2 Å². The first-order valence-electron chi connectivity index (χ1n) is 17.5. The topological polar surface area (TPSA) is 189 Å². The molecule has 3 heterocycles. The summed E-state index contributed by atoms with van der Waals surface area (Å²) in [6, 6.07) is 2.07. The number of terminal acetylenes is 1. The number of amides is 4. The highest BCUT2D eigenvalue weighted by atomic mass is 32.2. The first-order chi connectivity index (χ1) is 24.7. The third-order valence-corrected chi connectivity index (χ3v) is 11.2. The van der Waals surface area contributed by atoms with Gasteiger partial charge in [-0.2, -0.15) is 4.98 Å². The summed E-state index contributed by atoms with van der Waals surface area (Å²) in [6.07, 6.45) is 9.26. The first-order valence-corrected chi connectivity index (χ1v) is 19.1. The standard InChI is InChI=1S/C36H47N7O8S/c1-7-23(8-2)30(32(45)41-52(48,49)25-14-15-25)38-31(44)28-19-24-20-43(28)34(46)29(21(3)4)39-36(47)50-17-11-9-10-12-22-13-16-27-26(18-22)33(51-24)40-35(37-27)42(5)6/h1,8,13,16,18,21,23-25,28-30H,2,9-12,14-15,17,19-20H2,3-6H3,(H,38,44)(H,39,47)(H,41,45)/t23-,24+,28-,29-,30?/m0/s1. The average Bonchev–Trinajstić information content (AvgIpc) is 3.88. The van der Waals surface area contributed by atoms with E-state index in [9.17, 15) is 27.6 Å². The van der Waals surface area contributed by atoms with Crippen molar-refractivity contribution in [2.45, 2.75) is 88.3 Å². The monoisotopic (exact) mass is 737 g/mol. The fourth-order valence-electron chi connectivity index (χ4n) is 6.28. The van der Waals surface area contributed by atoms with Gasteiger partial charge in [0, 0.05) is 20.5 Å². The molecule has 3 aliphatic rings. The van der Waals surface area contributed by atoms with Crippen LogP contribution in [-0.4, -0.2) is 104 Å². The first kappa shape index (κ1) is 38.3. The lowest BCUT2D eigenvalue weighted by Gasteiger charge is -2.31. The molecule has 2 aliphatic heterocycles. The Kier molecular flexibility index (Phi) is 11.9. The van der Waals surface area contributed by atoms with Gasteiger partial charge in [0.2, 0.25) is 33.7 Å². The molecule has 280 valence electrons. The van der Waals surface area contributed by atoms with E-state index in [-0.39, 0.29) is 25.5 Å². The number of benzene rings is 1. The summed E-state index contributed by atoms with van der Waals surface area (Å²) >= 11 is 0. The van der Waals surface area contributed by atoms with E-state index >= 15 is 0 Å². The van der Waals surface area contributed by atoms with Gasteiger partial charge < -0.3 is 29.9 Å². The molecule has 1 aromatic carbocycles. The zero-order chi connectivity index (χ0) is 37.7. The van der Waals surface area contributed by atoms with Crippen LogP contribution in [-0.2, 0) is 35.6 Å². The fraction of sp³-hybridized carbons (Fsp3) is 0.556. The van der Waals surface area contributed by atoms with Gasteiger partial charge in [-0.3, -0.25) is 19.1 Å².